The number of rotatable bonds is 6. The highest BCUT2D eigenvalue weighted by atomic mass is 32.2. The third-order valence-corrected chi connectivity index (χ3v) is 6.42. The molecule has 2 rings (SSSR count). The van der Waals surface area contributed by atoms with Crippen LogP contribution in [0.1, 0.15) is 26.3 Å². The van der Waals surface area contributed by atoms with Crippen molar-refractivity contribution < 1.29 is 18.3 Å². The Morgan fingerprint density at radius 1 is 1.43 bits per heavy atom. The van der Waals surface area contributed by atoms with E-state index in [1.807, 2.05) is 19.1 Å². The minimum atomic E-state index is -3.68. The first-order chi connectivity index (χ1) is 9.78. The summed E-state index contributed by atoms with van der Waals surface area (Å²) < 4.78 is 26.9. The smallest absolute Gasteiger partial charge is 0.345 e. The zero-order chi connectivity index (χ0) is 15.6. The van der Waals surface area contributed by atoms with E-state index < -0.39 is 16.0 Å². The Bertz CT molecular complexity index is 745. The lowest BCUT2D eigenvalue weighted by atomic mass is 10.2. The maximum atomic E-state index is 12.2. The summed E-state index contributed by atoms with van der Waals surface area (Å²) in [4.78, 5) is 13.1. The molecule has 5 nitrogen and oxygen atoms in total. The standard InChI is InChI=1S/C13H15NO4S3/c1-8(5-10-4-3-9(2)20-10)14-21(17,18)11-6-12(13(15)16)19-7-11/h3-4,6-8,14H,5H2,1-2H3,(H,15,16). The molecule has 0 amide bonds. The number of carboxylic acids is 1. The number of carboxylic acid groups (broad SMARTS) is 1. The molecule has 0 aliphatic rings. The number of aryl methyl sites for hydroxylation is 1. The van der Waals surface area contributed by atoms with Crippen LogP contribution >= 0.6 is 22.7 Å². The van der Waals surface area contributed by atoms with Crippen molar-refractivity contribution in [2.24, 2.45) is 0 Å². The molecule has 0 aliphatic carbocycles. The fourth-order valence-corrected chi connectivity index (χ4v) is 5.22. The quantitative estimate of drug-likeness (QED) is 0.843. The van der Waals surface area contributed by atoms with E-state index in [2.05, 4.69) is 4.72 Å². The molecule has 0 bridgehead atoms. The van der Waals surface area contributed by atoms with Gasteiger partial charge in [0, 0.05) is 21.2 Å². The van der Waals surface area contributed by atoms with Gasteiger partial charge in [-0.05, 0) is 38.5 Å². The van der Waals surface area contributed by atoms with E-state index >= 15 is 0 Å². The lowest BCUT2D eigenvalue weighted by Crippen LogP contribution is -2.33. The van der Waals surface area contributed by atoms with Crippen molar-refractivity contribution in [3.8, 4) is 0 Å². The third-order valence-electron chi connectivity index (χ3n) is 2.76. The molecule has 0 spiro atoms. The van der Waals surface area contributed by atoms with Crippen LogP contribution in [0.4, 0.5) is 0 Å². The van der Waals surface area contributed by atoms with Gasteiger partial charge in [-0.1, -0.05) is 0 Å². The molecule has 0 aromatic carbocycles. The largest absolute Gasteiger partial charge is 0.477 e. The van der Waals surface area contributed by atoms with Gasteiger partial charge in [-0.2, -0.15) is 0 Å². The maximum absolute atomic E-state index is 12.2. The molecule has 1 atom stereocenters. The van der Waals surface area contributed by atoms with Gasteiger partial charge in [0.2, 0.25) is 10.0 Å². The summed E-state index contributed by atoms with van der Waals surface area (Å²) in [6.07, 6.45) is 0.605. The van der Waals surface area contributed by atoms with E-state index in [4.69, 9.17) is 5.11 Å². The van der Waals surface area contributed by atoms with Gasteiger partial charge in [-0.3, -0.25) is 0 Å². The fraction of sp³-hybridized carbons (Fsp3) is 0.308. The van der Waals surface area contributed by atoms with E-state index in [9.17, 15) is 13.2 Å². The predicted molar refractivity (Wildman–Crippen MR) is 83.8 cm³/mol. The van der Waals surface area contributed by atoms with Crippen molar-refractivity contribution in [2.45, 2.75) is 31.2 Å². The molecule has 0 fully saturated rings. The zero-order valence-electron chi connectivity index (χ0n) is 11.5. The topological polar surface area (TPSA) is 83.5 Å². The second-order valence-corrected chi connectivity index (χ2v) is 8.69. The summed E-state index contributed by atoms with van der Waals surface area (Å²) >= 11 is 2.54. The van der Waals surface area contributed by atoms with Crippen LogP contribution < -0.4 is 4.72 Å². The maximum Gasteiger partial charge on any atom is 0.345 e. The Kier molecular flexibility index (Phi) is 4.82. The molecule has 2 aromatic rings. The average molecular weight is 345 g/mol. The van der Waals surface area contributed by atoms with Crippen LogP contribution in [0.5, 0.6) is 0 Å². The highest BCUT2D eigenvalue weighted by Gasteiger charge is 2.21. The van der Waals surface area contributed by atoms with Crippen molar-refractivity contribution >= 4 is 38.7 Å². The summed E-state index contributed by atoms with van der Waals surface area (Å²) in [7, 11) is -3.68. The molecule has 2 aromatic heterocycles. The Labute approximate surface area is 131 Å². The van der Waals surface area contributed by atoms with Gasteiger partial charge in [0.15, 0.2) is 0 Å². The molecular weight excluding hydrogens is 330 g/mol. The van der Waals surface area contributed by atoms with E-state index in [0.717, 1.165) is 16.2 Å². The molecule has 21 heavy (non-hydrogen) atoms. The predicted octanol–water partition coefficient (Wildman–Crippen LogP) is 2.73. The number of sulfonamides is 1. The molecule has 114 valence electrons. The molecular formula is C13H15NO4S3. The van der Waals surface area contributed by atoms with Crippen LogP contribution in [0, 0.1) is 6.92 Å². The molecule has 2 heterocycles. The lowest BCUT2D eigenvalue weighted by molar-refractivity contribution is 0.0702. The number of hydrogen-bond donors (Lipinski definition) is 2. The highest BCUT2D eigenvalue weighted by molar-refractivity contribution is 7.89. The Balaban J connectivity index is 2.07. The highest BCUT2D eigenvalue weighted by Crippen LogP contribution is 2.21. The monoisotopic (exact) mass is 345 g/mol. The zero-order valence-corrected chi connectivity index (χ0v) is 13.9. The van der Waals surface area contributed by atoms with Gasteiger partial charge >= 0.3 is 5.97 Å². The molecule has 0 radical (unpaired) electrons. The number of nitrogens with one attached hydrogen (secondary N) is 1. The lowest BCUT2D eigenvalue weighted by Gasteiger charge is -2.12. The van der Waals surface area contributed by atoms with Crippen molar-refractivity contribution in [1.29, 1.82) is 0 Å². The summed E-state index contributed by atoms with van der Waals surface area (Å²) in [6.45, 7) is 3.79. The first-order valence-corrected chi connectivity index (χ1v) is 9.35. The Hall–Kier alpha value is -1.22. The minimum Gasteiger partial charge on any atom is -0.477 e. The van der Waals surface area contributed by atoms with Crippen LogP contribution in [0.3, 0.4) is 0 Å². The average Bonchev–Trinajstić information content (AvgIpc) is 2.97. The van der Waals surface area contributed by atoms with E-state index in [-0.39, 0.29) is 15.8 Å². The molecule has 8 heteroatoms. The normalized spacial score (nSPS) is 13.2. The van der Waals surface area contributed by atoms with E-state index in [1.165, 1.54) is 16.3 Å². The second-order valence-electron chi connectivity index (χ2n) is 4.69. The molecule has 2 N–H and O–H groups in total. The van der Waals surface area contributed by atoms with E-state index in [1.54, 1.807) is 18.3 Å². The first-order valence-electron chi connectivity index (χ1n) is 6.17. The fourth-order valence-electron chi connectivity index (χ4n) is 1.84. The van der Waals surface area contributed by atoms with Gasteiger partial charge < -0.3 is 5.11 Å². The van der Waals surface area contributed by atoms with Crippen LogP contribution in [0.2, 0.25) is 0 Å². The third kappa shape index (κ3) is 4.13. The van der Waals surface area contributed by atoms with Gasteiger partial charge in [-0.25, -0.2) is 17.9 Å². The van der Waals surface area contributed by atoms with Gasteiger partial charge in [-0.15, -0.1) is 22.7 Å². The Morgan fingerprint density at radius 3 is 2.67 bits per heavy atom. The van der Waals surface area contributed by atoms with Gasteiger partial charge in [0.1, 0.15) is 4.88 Å². The van der Waals surface area contributed by atoms with Crippen LogP contribution in [0.25, 0.3) is 0 Å². The molecule has 0 saturated carbocycles. The molecule has 0 aliphatic heterocycles. The van der Waals surface area contributed by atoms with Crippen LogP contribution in [-0.2, 0) is 16.4 Å². The van der Waals surface area contributed by atoms with Crippen molar-refractivity contribution in [3.63, 3.8) is 0 Å². The molecule has 0 saturated heterocycles. The summed E-state index contributed by atoms with van der Waals surface area (Å²) in [6, 6.07) is 4.90. The van der Waals surface area contributed by atoms with Crippen LogP contribution in [0.15, 0.2) is 28.5 Å². The van der Waals surface area contributed by atoms with E-state index in [0.29, 0.717) is 6.42 Å². The SMILES string of the molecule is Cc1ccc(CC(C)NS(=O)(=O)c2csc(C(=O)O)c2)s1. The van der Waals surface area contributed by atoms with Crippen molar-refractivity contribution in [2.75, 3.05) is 0 Å². The number of aromatic carboxylic acids is 1. The first kappa shape index (κ1) is 16.2. The Morgan fingerprint density at radius 2 is 2.14 bits per heavy atom. The second kappa shape index (κ2) is 6.27. The van der Waals surface area contributed by atoms with Crippen molar-refractivity contribution in [3.05, 3.63) is 38.2 Å². The van der Waals surface area contributed by atoms with Crippen molar-refractivity contribution in [1.82, 2.24) is 4.72 Å². The minimum absolute atomic E-state index is 0.000824. The van der Waals surface area contributed by atoms with Gasteiger partial charge in [0.05, 0.1) is 4.90 Å². The van der Waals surface area contributed by atoms with Gasteiger partial charge in [0.25, 0.3) is 0 Å². The summed E-state index contributed by atoms with van der Waals surface area (Å²) in [5.41, 5.74) is 0. The summed E-state index contributed by atoms with van der Waals surface area (Å²) in [5.74, 6) is -1.12. The summed E-state index contributed by atoms with van der Waals surface area (Å²) in [5, 5.41) is 10.2. The number of hydrogen-bond acceptors (Lipinski definition) is 5. The van der Waals surface area contributed by atoms with Crippen LogP contribution in [-0.4, -0.2) is 25.5 Å². The number of thiophene rings is 2. The molecule has 1 unspecified atom stereocenters. The number of carbonyl (C=O) groups is 1.